The largest absolute Gasteiger partial charge is 0.493 e. The first-order valence-electron chi connectivity index (χ1n) is 9.57. The number of carbonyl (C=O) groups is 1. The normalized spacial score (nSPS) is 17.1. The Bertz CT molecular complexity index is 1160. The molecule has 0 bridgehead atoms. The van der Waals surface area contributed by atoms with Crippen LogP contribution in [0.2, 0.25) is 0 Å². The molecule has 34 heavy (non-hydrogen) atoms. The SMILES string of the molecule is CN=C1/C(=C/c2ccc(OCc3ccc(C(F)(F)F)cc3C(F)(F)F)c(OC)c2)SC(=O)N1C. The summed E-state index contributed by atoms with van der Waals surface area (Å²) in [7, 11) is 4.47. The molecule has 1 aliphatic heterocycles. The van der Waals surface area contributed by atoms with Crippen LogP contribution < -0.4 is 9.47 Å². The highest BCUT2D eigenvalue weighted by Crippen LogP contribution is 2.39. The average Bonchev–Trinajstić information content (AvgIpc) is 3.03. The van der Waals surface area contributed by atoms with Crippen LogP contribution in [0.4, 0.5) is 31.1 Å². The van der Waals surface area contributed by atoms with Crippen molar-refractivity contribution >= 4 is 28.9 Å². The Morgan fingerprint density at radius 2 is 1.74 bits per heavy atom. The van der Waals surface area contributed by atoms with Crippen molar-refractivity contribution in [1.29, 1.82) is 0 Å². The van der Waals surface area contributed by atoms with Gasteiger partial charge in [0.15, 0.2) is 11.5 Å². The number of likely N-dealkylation sites (N-methyl/N-ethyl adjacent to an activating group) is 1. The minimum Gasteiger partial charge on any atom is -0.493 e. The van der Waals surface area contributed by atoms with Crippen LogP contribution >= 0.6 is 11.8 Å². The third-order valence-electron chi connectivity index (χ3n) is 4.83. The molecule has 1 heterocycles. The summed E-state index contributed by atoms with van der Waals surface area (Å²) in [5, 5.41) is -0.198. The van der Waals surface area contributed by atoms with Gasteiger partial charge in [0.05, 0.1) is 23.1 Å². The van der Waals surface area contributed by atoms with E-state index >= 15 is 0 Å². The second kappa shape index (κ2) is 9.61. The second-order valence-corrected chi connectivity index (χ2v) is 8.04. The number of alkyl halides is 6. The van der Waals surface area contributed by atoms with Gasteiger partial charge < -0.3 is 9.47 Å². The van der Waals surface area contributed by atoms with Crippen molar-refractivity contribution in [2.75, 3.05) is 21.2 Å². The van der Waals surface area contributed by atoms with Crippen LogP contribution in [-0.4, -0.2) is 37.2 Å². The number of benzene rings is 2. The van der Waals surface area contributed by atoms with Crippen LogP contribution in [0, 0.1) is 0 Å². The van der Waals surface area contributed by atoms with E-state index in [0.717, 1.165) is 17.8 Å². The Balaban J connectivity index is 1.86. The van der Waals surface area contributed by atoms with Crippen LogP contribution in [0.15, 0.2) is 46.3 Å². The van der Waals surface area contributed by atoms with Crippen molar-refractivity contribution in [2.45, 2.75) is 19.0 Å². The highest BCUT2D eigenvalue weighted by molar-refractivity contribution is 8.18. The van der Waals surface area contributed by atoms with E-state index in [-0.39, 0.29) is 22.8 Å². The van der Waals surface area contributed by atoms with Crippen LogP contribution in [0.25, 0.3) is 6.08 Å². The fourth-order valence-electron chi connectivity index (χ4n) is 3.16. The molecule has 2 aromatic carbocycles. The topological polar surface area (TPSA) is 51.1 Å². The fraction of sp³-hybridized carbons (Fsp3) is 0.273. The summed E-state index contributed by atoms with van der Waals surface area (Å²) in [6, 6.07) is 5.99. The quantitative estimate of drug-likeness (QED) is 0.438. The van der Waals surface area contributed by atoms with Gasteiger partial charge in [0.2, 0.25) is 0 Å². The molecular weight excluding hydrogens is 486 g/mol. The smallest absolute Gasteiger partial charge is 0.416 e. The molecule has 0 N–H and O–H groups in total. The molecule has 1 amide bonds. The molecule has 1 fully saturated rings. The molecule has 182 valence electrons. The van der Waals surface area contributed by atoms with Gasteiger partial charge in [0.1, 0.15) is 12.4 Å². The summed E-state index contributed by atoms with van der Waals surface area (Å²) < 4.78 is 89.4. The van der Waals surface area contributed by atoms with Gasteiger partial charge in [-0.3, -0.25) is 14.7 Å². The number of aliphatic imine (C=N–C) groups is 1. The number of hydrogen-bond acceptors (Lipinski definition) is 5. The van der Waals surface area contributed by atoms with Crippen LogP contribution in [0.5, 0.6) is 11.5 Å². The number of amides is 1. The Labute approximate surface area is 195 Å². The monoisotopic (exact) mass is 504 g/mol. The Morgan fingerprint density at radius 1 is 1.03 bits per heavy atom. The van der Waals surface area contributed by atoms with Crippen molar-refractivity contribution in [3.8, 4) is 11.5 Å². The van der Waals surface area contributed by atoms with Gasteiger partial charge in [-0.15, -0.1) is 0 Å². The van der Waals surface area contributed by atoms with Crippen molar-refractivity contribution < 1.29 is 40.6 Å². The molecule has 12 heteroatoms. The number of rotatable bonds is 5. The Hall–Kier alpha value is -3.15. The van der Waals surface area contributed by atoms with Crippen LogP contribution in [0.1, 0.15) is 22.3 Å². The molecule has 1 aliphatic rings. The van der Waals surface area contributed by atoms with Gasteiger partial charge in [-0.05, 0) is 47.7 Å². The lowest BCUT2D eigenvalue weighted by molar-refractivity contribution is -0.143. The maximum Gasteiger partial charge on any atom is 0.416 e. The third-order valence-corrected chi connectivity index (χ3v) is 5.80. The number of nitrogens with zero attached hydrogens (tertiary/aromatic N) is 2. The van der Waals surface area contributed by atoms with Crippen molar-refractivity contribution in [3.63, 3.8) is 0 Å². The number of amidine groups is 1. The molecule has 1 saturated heterocycles. The standard InChI is InChI=1S/C22H18F6N2O3S/c1-29-19-18(34-20(31)30(19)2)9-12-4-7-16(17(8-12)32-3)33-11-13-5-6-14(21(23,24)25)10-15(13)22(26,27)28/h4-10H,11H2,1-3H3/b18-9-,29-19?. The molecule has 0 unspecified atom stereocenters. The first kappa shape index (κ1) is 25.5. The number of carbonyl (C=O) groups excluding carboxylic acids is 1. The minimum absolute atomic E-state index is 0.0651. The maximum atomic E-state index is 13.4. The predicted molar refractivity (Wildman–Crippen MR) is 116 cm³/mol. The van der Waals surface area contributed by atoms with Crippen LogP contribution in [0.3, 0.4) is 0 Å². The van der Waals surface area contributed by atoms with E-state index in [9.17, 15) is 31.1 Å². The number of methoxy groups -OCH3 is 1. The first-order valence-corrected chi connectivity index (χ1v) is 10.4. The number of hydrogen-bond donors (Lipinski definition) is 0. The van der Waals surface area contributed by atoms with E-state index in [2.05, 4.69) is 4.99 Å². The molecule has 0 aromatic heterocycles. The summed E-state index contributed by atoms with van der Waals surface area (Å²) in [5.41, 5.74) is -2.67. The van der Waals surface area contributed by atoms with Crippen molar-refractivity contribution in [1.82, 2.24) is 4.90 Å². The highest BCUT2D eigenvalue weighted by atomic mass is 32.2. The molecule has 5 nitrogen and oxygen atoms in total. The van der Waals surface area contributed by atoms with Crippen molar-refractivity contribution in [3.05, 3.63) is 63.6 Å². The van der Waals surface area contributed by atoms with Gasteiger partial charge >= 0.3 is 12.4 Å². The Morgan fingerprint density at radius 3 is 2.32 bits per heavy atom. The van der Waals surface area contributed by atoms with Gasteiger partial charge in [0.25, 0.3) is 5.24 Å². The molecular formula is C22H18F6N2O3S. The highest BCUT2D eigenvalue weighted by Gasteiger charge is 2.38. The van der Waals surface area contributed by atoms with Crippen molar-refractivity contribution in [2.24, 2.45) is 4.99 Å². The minimum atomic E-state index is -5.00. The average molecular weight is 504 g/mol. The van der Waals surface area contributed by atoms with Gasteiger partial charge in [-0.1, -0.05) is 12.1 Å². The molecule has 2 aromatic rings. The van der Waals surface area contributed by atoms with E-state index in [1.165, 1.54) is 18.1 Å². The molecule has 0 saturated carbocycles. The van der Waals surface area contributed by atoms with Gasteiger partial charge in [-0.25, -0.2) is 0 Å². The third kappa shape index (κ3) is 5.49. The second-order valence-electron chi connectivity index (χ2n) is 7.05. The number of thioether (sulfide) groups is 1. The zero-order valence-electron chi connectivity index (χ0n) is 18.0. The van der Waals surface area contributed by atoms with E-state index in [1.54, 1.807) is 32.3 Å². The number of halogens is 6. The summed E-state index contributed by atoms with van der Waals surface area (Å²) in [6.45, 7) is -0.633. The molecule has 0 radical (unpaired) electrons. The zero-order chi connectivity index (χ0) is 25.3. The molecule has 0 atom stereocenters. The summed E-state index contributed by atoms with van der Waals surface area (Å²) in [5.74, 6) is 0.762. The predicted octanol–water partition coefficient (Wildman–Crippen LogP) is 6.48. The van der Waals surface area contributed by atoms with Crippen LogP contribution in [-0.2, 0) is 19.0 Å². The van der Waals surface area contributed by atoms with E-state index < -0.39 is 35.6 Å². The van der Waals surface area contributed by atoms with Gasteiger partial charge in [0, 0.05) is 19.7 Å². The summed E-state index contributed by atoms with van der Waals surface area (Å²) >= 11 is 0.992. The zero-order valence-corrected chi connectivity index (χ0v) is 18.9. The molecule has 0 spiro atoms. The lowest BCUT2D eigenvalue weighted by Gasteiger charge is -2.17. The van der Waals surface area contributed by atoms with Gasteiger partial charge in [-0.2, -0.15) is 26.3 Å². The van der Waals surface area contributed by atoms with E-state index in [1.807, 2.05) is 0 Å². The van der Waals surface area contributed by atoms with E-state index in [0.29, 0.717) is 22.4 Å². The lowest BCUT2D eigenvalue weighted by atomic mass is 10.0. The summed E-state index contributed by atoms with van der Waals surface area (Å²) in [4.78, 5) is 18.0. The molecule has 0 aliphatic carbocycles. The first-order chi connectivity index (χ1) is 15.8. The maximum absolute atomic E-state index is 13.4. The Kier molecular flexibility index (Phi) is 7.20. The molecule has 3 rings (SSSR count). The van der Waals surface area contributed by atoms with E-state index in [4.69, 9.17) is 9.47 Å². The summed E-state index contributed by atoms with van der Waals surface area (Å²) in [6.07, 6.45) is -8.22. The lowest BCUT2D eigenvalue weighted by Crippen LogP contribution is -2.22. The fourth-order valence-corrected chi connectivity index (χ4v) is 4.08. The number of ether oxygens (including phenoxy) is 2.